The Balaban J connectivity index is 2.28. The highest BCUT2D eigenvalue weighted by Crippen LogP contribution is 2.18. The molecule has 0 aliphatic carbocycles. The number of H-pyrrole nitrogens is 1. The Kier molecular flexibility index (Phi) is 4.22. The summed E-state index contributed by atoms with van der Waals surface area (Å²) in [6, 6.07) is 2.14. The highest BCUT2D eigenvalue weighted by Gasteiger charge is 2.17. The number of nitrogens with zero attached hydrogens (tertiary/aromatic N) is 5. The first-order valence-corrected chi connectivity index (χ1v) is 6.26. The highest BCUT2D eigenvalue weighted by atomic mass is 16.6. The van der Waals surface area contributed by atoms with Crippen LogP contribution in [0.5, 0.6) is 0 Å². The number of hydrogen-bond donors (Lipinski definition) is 1. The van der Waals surface area contributed by atoms with Gasteiger partial charge in [0.05, 0.1) is 0 Å². The maximum absolute atomic E-state index is 11.6. The molecule has 0 spiro atoms. The van der Waals surface area contributed by atoms with Crippen LogP contribution >= 0.6 is 0 Å². The van der Waals surface area contributed by atoms with Gasteiger partial charge in [0.1, 0.15) is 29.4 Å². The van der Waals surface area contributed by atoms with E-state index >= 15 is 0 Å². The summed E-state index contributed by atoms with van der Waals surface area (Å²) in [5.74, 6) is 0. The van der Waals surface area contributed by atoms with E-state index in [2.05, 4.69) is 26.3 Å². The standard InChI is InChI=1S/C13H14N6O3/c1-5-18(3)13(21)22-7-10-11(16-17-19(10)4)9-6-14-12(20)8(2)15-9/h1,6H,7H2,2-4H3,(H,14,20). The summed E-state index contributed by atoms with van der Waals surface area (Å²) in [6.07, 6.45) is 5.87. The maximum Gasteiger partial charge on any atom is 0.421 e. The molecule has 9 nitrogen and oxygen atoms in total. The molecule has 2 aromatic rings. The van der Waals surface area contributed by atoms with Gasteiger partial charge in [0.15, 0.2) is 0 Å². The molecule has 0 fully saturated rings. The minimum absolute atomic E-state index is 0.0798. The SMILES string of the molecule is C#CN(C)C(=O)OCc1c(-c2c[nH]c(=O)c(C)n2)nnn1C. The molecule has 0 atom stereocenters. The minimum Gasteiger partial charge on any atom is -0.442 e. The molecule has 0 saturated carbocycles. The lowest BCUT2D eigenvalue weighted by molar-refractivity contribution is 0.117. The molecule has 0 unspecified atom stereocenters. The van der Waals surface area contributed by atoms with Gasteiger partial charge in [-0.1, -0.05) is 11.6 Å². The molecule has 2 aromatic heterocycles. The molecule has 0 radical (unpaired) electrons. The average Bonchev–Trinajstić information content (AvgIpc) is 2.87. The largest absolute Gasteiger partial charge is 0.442 e. The first kappa shape index (κ1) is 15.2. The Morgan fingerprint density at radius 1 is 1.59 bits per heavy atom. The van der Waals surface area contributed by atoms with E-state index in [4.69, 9.17) is 11.2 Å². The summed E-state index contributed by atoms with van der Waals surface area (Å²) in [5.41, 5.74) is 1.40. The van der Waals surface area contributed by atoms with Gasteiger partial charge in [0, 0.05) is 26.3 Å². The van der Waals surface area contributed by atoms with Gasteiger partial charge in [-0.05, 0) is 6.92 Å². The molecule has 2 heterocycles. The van der Waals surface area contributed by atoms with Gasteiger partial charge in [0.2, 0.25) is 0 Å². The van der Waals surface area contributed by atoms with Gasteiger partial charge in [0.25, 0.3) is 5.56 Å². The monoisotopic (exact) mass is 302 g/mol. The van der Waals surface area contributed by atoms with E-state index in [1.807, 2.05) is 0 Å². The van der Waals surface area contributed by atoms with Gasteiger partial charge in [-0.15, -0.1) is 5.10 Å². The van der Waals surface area contributed by atoms with Crippen LogP contribution in [0.3, 0.4) is 0 Å². The third kappa shape index (κ3) is 2.95. The van der Waals surface area contributed by atoms with Crippen LogP contribution in [-0.4, -0.2) is 43.0 Å². The lowest BCUT2D eigenvalue weighted by Crippen LogP contribution is -2.22. The Hall–Kier alpha value is -3.15. The fourth-order valence-corrected chi connectivity index (χ4v) is 1.64. The van der Waals surface area contributed by atoms with Crippen LogP contribution in [0.2, 0.25) is 0 Å². The molecular weight excluding hydrogens is 288 g/mol. The van der Waals surface area contributed by atoms with Crippen molar-refractivity contribution in [3.63, 3.8) is 0 Å². The van der Waals surface area contributed by atoms with Crippen molar-refractivity contribution in [3.05, 3.63) is 27.9 Å². The second kappa shape index (κ2) is 6.09. The number of carbonyl (C=O) groups excluding carboxylic acids is 1. The number of aromatic nitrogens is 5. The molecule has 0 aliphatic heterocycles. The second-order valence-corrected chi connectivity index (χ2v) is 4.45. The Morgan fingerprint density at radius 3 is 2.95 bits per heavy atom. The Morgan fingerprint density at radius 2 is 2.32 bits per heavy atom. The van der Waals surface area contributed by atoms with E-state index < -0.39 is 6.09 Å². The van der Waals surface area contributed by atoms with Gasteiger partial charge < -0.3 is 9.72 Å². The molecule has 1 N–H and O–H groups in total. The number of ether oxygens (including phenoxy) is 1. The zero-order chi connectivity index (χ0) is 16.3. The summed E-state index contributed by atoms with van der Waals surface area (Å²) in [5, 5.41) is 7.86. The number of rotatable bonds is 3. The molecule has 9 heteroatoms. The summed E-state index contributed by atoms with van der Waals surface area (Å²) >= 11 is 0. The predicted molar refractivity (Wildman–Crippen MR) is 76.4 cm³/mol. The van der Waals surface area contributed by atoms with Crippen LogP contribution < -0.4 is 5.56 Å². The first-order valence-electron chi connectivity index (χ1n) is 6.26. The molecule has 0 aliphatic rings. The molecule has 2 rings (SSSR count). The zero-order valence-corrected chi connectivity index (χ0v) is 12.3. The molecule has 22 heavy (non-hydrogen) atoms. The van der Waals surface area contributed by atoms with Crippen LogP contribution in [0.1, 0.15) is 11.4 Å². The van der Waals surface area contributed by atoms with Gasteiger partial charge in [-0.3, -0.25) is 4.79 Å². The Labute approximate surface area is 125 Å². The summed E-state index contributed by atoms with van der Waals surface area (Å²) in [7, 11) is 3.07. The topological polar surface area (TPSA) is 106 Å². The Bertz CT molecular complexity index is 801. The molecular formula is C13H14N6O3. The predicted octanol–water partition coefficient (Wildman–Crippen LogP) is 0.0329. The van der Waals surface area contributed by atoms with Crippen molar-refractivity contribution in [2.24, 2.45) is 7.05 Å². The van der Waals surface area contributed by atoms with Crippen molar-refractivity contribution in [3.8, 4) is 23.9 Å². The number of carbonyl (C=O) groups is 1. The van der Waals surface area contributed by atoms with E-state index in [9.17, 15) is 9.59 Å². The number of hydrogen-bond acceptors (Lipinski definition) is 6. The smallest absolute Gasteiger partial charge is 0.421 e. The minimum atomic E-state index is -0.666. The van der Waals surface area contributed by atoms with Crippen molar-refractivity contribution in [2.45, 2.75) is 13.5 Å². The molecule has 114 valence electrons. The van der Waals surface area contributed by atoms with Crippen LogP contribution in [0.25, 0.3) is 11.4 Å². The highest BCUT2D eigenvalue weighted by molar-refractivity contribution is 5.69. The normalized spacial score (nSPS) is 10.1. The summed E-state index contributed by atoms with van der Waals surface area (Å²) in [6.45, 7) is 1.50. The lowest BCUT2D eigenvalue weighted by atomic mass is 10.2. The number of terminal acetylenes is 1. The summed E-state index contributed by atoms with van der Waals surface area (Å²) in [4.78, 5) is 30.6. The fraction of sp³-hybridized carbons (Fsp3) is 0.308. The number of nitrogens with one attached hydrogen (secondary N) is 1. The van der Waals surface area contributed by atoms with Gasteiger partial charge in [-0.25, -0.2) is 19.4 Å². The van der Waals surface area contributed by atoms with E-state index in [0.717, 1.165) is 4.90 Å². The number of aromatic amines is 1. The molecule has 0 bridgehead atoms. The average molecular weight is 302 g/mol. The quantitative estimate of drug-likeness (QED) is 0.633. The zero-order valence-electron chi connectivity index (χ0n) is 12.3. The summed E-state index contributed by atoms with van der Waals surface area (Å²) < 4.78 is 6.54. The van der Waals surface area contributed by atoms with E-state index in [0.29, 0.717) is 22.8 Å². The lowest BCUT2D eigenvalue weighted by Gasteiger charge is -2.10. The van der Waals surface area contributed by atoms with Crippen molar-refractivity contribution in [2.75, 3.05) is 7.05 Å². The third-order valence-electron chi connectivity index (χ3n) is 2.94. The molecule has 1 amide bonds. The van der Waals surface area contributed by atoms with Crippen molar-refractivity contribution in [1.29, 1.82) is 0 Å². The van der Waals surface area contributed by atoms with Crippen molar-refractivity contribution < 1.29 is 9.53 Å². The van der Waals surface area contributed by atoms with Crippen molar-refractivity contribution in [1.82, 2.24) is 29.9 Å². The molecule has 0 saturated heterocycles. The van der Waals surface area contributed by atoms with Crippen LogP contribution in [0, 0.1) is 19.4 Å². The van der Waals surface area contributed by atoms with E-state index in [1.165, 1.54) is 17.9 Å². The number of amides is 1. The van der Waals surface area contributed by atoms with E-state index in [-0.39, 0.29) is 12.2 Å². The first-order chi connectivity index (χ1) is 10.4. The van der Waals surface area contributed by atoms with Crippen molar-refractivity contribution >= 4 is 6.09 Å². The third-order valence-corrected chi connectivity index (χ3v) is 2.94. The van der Waals surface area contributed by atoms with Gasteiger partial charge in [-0.2, -0.15) is 0 Å². The molecule has 0 aromatic carbocycles. The van der Waals surface area contributed by atoms with Crippen LogP contribution in [-0.2, 0) is 18.4 Å². The maximum atomic E-state index is 11.6. The van der Waals surface area contributed by atoms with Gasteiger partial charge >= 0.3 is 6.09 Å². The number of aryl methyl sites for hydroxylation is 2. The second-order valence-electron chi connectivity index (χ2n) is 4.45. The van der Waals surface area contributed by atoms with E-state index in [1.54, 1.807) is 14.0 Å². The van der Waals surface area contributed by atoms with Crippen LogP contribution in [0.4, 0.5) is 4.79 Å². The van der Waals surface area contributed by atoms with Crippen LogP contribution in [0.15, 0.2) is 11.0 Å². The fourth-order valence-electron chi connectivity index (χ4n) is 1.64.